The van der Waals surface area contributed by atoms with Crippen molar-refractivity contribution in [3.05, 3.63) is 54.1 Å². The highest BCUT2D eigenvalue weighted by atomic mass is 32.2. The first-order chi connectivity index (χ1) is 9.25. The molecule has 96 valence electrons. The predicted molar refractivity (Wildman–Crippen MR) is 73.0 cm³/mol. The van der Waals surface area contributed by atoms with Crippen LogP contribution in [0.1, 0.15) is 10.5 Å². The van der Waals surface area contributed by atoms with Gasteiger partial charge in [-0.15, -0.1) is 11.8 Å². The van der Waals surface area contributed by atoms with E-state index in [1.807, 2.05) is 24.3 Å². The average molecular weight is 274 g/mol. The highest BCUT2D eigenvalue weighted by Gasteiger charge is 2.24. The minimum absolute atomic E-state index is 0.140. The smallest absolute Gasteiger partial charge is 0.277 e. The summed E-state index contributed by atoms with van der Waals surface area (Å²) in [4.78, 5) is 18.8. The number of nitrogens with zero attached hydrogens (tertiary/aromatic N) is 2. The number of benzene rings is 1. The maximum absolute atomic E-state index is 13.1. The lowest BCUT2D eigenvalue weighted by Crippen LogP contribution is -2.36. The van der Waals surface area contributed by atoms with Crippen molar-refractivity contribution in [2.75, 3.05) is 17.2 Å². The first-order valence-corrected chi connectivity index (χ1v) is 6.90. The van der Waals surface area contributed by atoms with Gasteiger partial charge in [-0.3, -0.25) is 4.79 Å². The maximum Gasteiger partial charge on any atom is 0.277 e. The van der Waals surface area contributed by atoms with Crippen molar-refractivity contribution in [2.45, 2.75) is 4.90 Å². The van der Waals surface area contributed by atoms with Crippen molar-refractivity contribution in [3.63, 3.8) is 0 Å². The number of thioether (sulfide) groups is 1. The number of anilines is 1. The Bertz CT molecular complexity index is 632. The van der Waals surface area contributed by atoms with Gasteiger partial charge in [-0.2, -0.15) is 4.39 Å². The van der Waals surface area contributed by atoms with E-state index in [1.165, 1.54) is 18.2 Å². The van der Waals surface area contributed by atoms with Crippen LogP contribution in [-0.2, 0) is 0 Å². The summed E-state index contributed by atoms with van der Waals surface area (Å²) in [5, 5.41) is 0. The van der Waals surface area contributed by atoms with Gasteiger partial charge in [-0.05, 0) is 24.3 Å². The number of hydrogen-bond acceptors (Lipinski definition) is 3. The van der Waals surface area contributed by atoms with E-state index in [9.17, 15) is 9.18 Å². The van der Waals surface area contributed by atoms with Crippen molar-refractivity contribution in [1.29, 1.82) is 0 Å². The Hall–Kier alpha value is -1.88. The summed E-state index contributed by atoms with van der Waals surface area (Å²) < 4.78 is 13.1. The van der Waals surface area contributed by atoms with Crippen LogP contribution in [0.5, 0.6) is 0 Å². The number of rotatable bonds is 1. The van der Waals surface area contributed by atoms with Gasteiger partial charge < -0.3 is 4.90 Å². The zero-order valence-corrected chi connectivity index (χ0v) is 10.9. The number of amides is 1. The van der Waals surface area contributed by atoms with Gasteiger partial charge in [-0.25, -0.2) is 4.98 Å². The minimum Gasteiger partial charge on any atom is -0.305 e. The number of hydrogen-bond donors (Lipinski definition) is 0. The summed E-state index contributed by atoms with van der Waals surface area (Å²) >= 11 is 1.72. The summed E-state index contributed by atoms with van der Waals surface area (Å²) in [5.74, 6) is -0.0595. The van der Waals surface area contributed by atoms with E-state index < -0.39 is 5.95 Å². The molecule has 0 aliphatic carbocycles. The molecule has 5 heteroatoms. The molecule has 0 atom stereocenters. The summed E-state index contributed by atoms with van der Waals surface area (Å²) in [5.41, 5.74) is 1.01. The summed E-state index contributed by atoms with van der Waals surface area (Å²) in [6.45, 7) is 0.610. The molecule has 0 saturated heterocycles. The highest BCUT2D eigenvalue weighted by Crippen LogP contribution is 2.34. The Labute approximate surface area is 114 Å². The molecule has 3 rings (SSSR count). The van der Waals surface area contributed by atoms with Crippen molar-refractivity contribution in [1.82, 2.24) is 4.98 Å². The lowest BCUT2D eigenvalue weighted by atomic mass is 10.2. The molecule has 3 nitrogen and oxygen atoms in total. The van der Waals surface area contributed by atoms with Crippen LogP contribution in [0, 0.1) is 5.95 Å². The monoisotopic (exact) mass is 274 g/mol. The Morgan fingerprint density at radius 3 is 2.89 bits per heavy atom. The molecule has 2 heterocycles. The molecular formula is C14H11FN2OS. The third-order valence-corrected chi connectivity index (χ3v) is 3.95. The molecule has 1 aliphatic rings. The molecule has 19 heavy (non-hydrogen) atoms. The molecule has 1 amide bonds. The van der Waals surface area contributed by atoms with Gasteiger partial charge >= 0.3 is 0 Å². The fourth-order valence-corrected chi connectivity index (χ4v) is 3.04. The van der Waals surface area contributed by atoms with E-state index in [4.69, 9.17) is 0 Å². The van der Waals surface area contributed by atoms with Crippen LogP contribution >= 0.6 is 11.8 Å². The Balaban J connectivity index is 1.98. The first kappa shape index (κ1) is 12.2. The standard InChI is InChI=1S/C14H11FN2OS/c15-13-7-3-4-10(16-13)14(18)17-8-9-19-12-6-2-1-5-11(12)17/h1-7H,8-9H2. The average Bonchev–Trinajstić information content (AvgIpc) is 2.46. The molecule has 0 fully saturated rings. The molecule has 2 aromatic rings. The largest absolute Gasteiger partial charge is 0.305 e. The number of carbonyl (C=O) groups is 1. The lowest BCUT2D eigenvalue weighted by Gasteiger charge is -2.28. The Morgan fingerprint density at radius 2 is 2.05 bits per heavy atom. The second-order valence-corrected chi connectivity index (χ2v) is 5.26. The van der Waals surface area contributed by atoms with Crippen LogP contribution in [-0.4, -0.2) is 23.2 Å². The topological polar surface area (TPSA) is 33.2 Å². The second-order valence-electron chi connectivity index (χ2n) is 4.12. The van der Waals surface area contributed by atoms with Crippen LogP contribution in [0.4, 0.5) is 10.1 Å². The van der Waals surface area contributed by atoms with Crippen molar-refractivity contribution < 1.29 is 9.18 Å². The quantitative estimate of drug-likeness (QED) is 0.750. The molecule has 1 aromatic heterocycles. The minimum atomic E-state index is -0.634. The fraction of sp³-hybridized carbons (Fsp3) is 0.143. The number of pyridine rings is 1. The SMILES string of the molecule is O=C(c1cccc(F)n1)N1CCSc2ccccc21. The summed E-state index contributed by atoms with van der Waals surface area (Å²) in [6.07, 6.45) is 0. The van der Waals surface area contributed by atoms with Gasteiger partial charge in [0.2, 0.25) is 5.95 Å². The zero-order valence-electron chi connectivity index (χ0n) is 10.0. The molecule has 0 unspecified atom stereocenters. The van der Waals surface area contributed by atoms with Crippen LogP contribution in [0.25, 0.3) is 0 Å². The number of halogens is 1. The van der Waals surface area contributed by atoms with Crippen molar-refractivity contribution >= 4 is 23.4 Å². The maximum atomic E-state index is 13.1. The Morgan fingerprint density at radius 1 is 1.21 bits per heavy atom. The Kier molecular flexibility index (Phi) is 3.21. The number of fused-ring (bicyclic) bond motifs is 1. The second kappa shape index (κ2) is 5.01. The van der Waals surface area contributed by atoms with Gasteiger partial charge in [0.25, 0.3) is 5.91 Å². The van der Waals surface area contributed by atoms with Crippen LogP contribution in [0.15, 0.2) is 47.4 Å². The van der Waals surface area contributed by atoms with Gasteiger partial charge in [0.1, 0.15) is 5.69 Å². The van der Waals surface area contributed by atoms with Crippen molar-refractivity contribution in [3.8, 4) is 0 Å². The van der Waals surface area contributed by atoms with Gasteiger partial charge in [0.15, 0.2) is 0 Å². The van der Waals surface area contributed by atoms with Crippen molar-refractivity contribution in [2.24, 2.45) is 0 Å². The molecule has 0 N–H and O–H groups in total. The lowest BCUT2D eigenvalue weighted by molar-refractivity contribution is 0.0982. The number of para-hydroxylation sites is 1. The van der Waals surface area contributed by atoms with E-state index in [1.54, 1.807) is 16.7 Å². The molecule has 1 aromatic carbocycles. The zero-order chi connectivity index (χ0) is 13.2. The molecular weight excluding hydrogens is 263 g/mol. The predicted octanol–water partition coefficient (Wildman–Crippen LogP) is 2.97. The van der Waals surface area contributed by atoms with Gasteiger partial charge in [0.05, 0.1) is 5.69 Å². The van der Waals surface area contributed by atoms with Crippen LogP contribution in [0.2, 0.25) is 0 Å². The molecule has 0 saturated carbocycles. The normalized spacial score (nSPS) is 14.1. The van der Waals surface area contributed by atoms with E-state index in [2.05, 4.69) is 4.98 Å². The third-order valence-electron chi connectivity index (χ3n) is 2.91. The van der Waals surface area contributed by atoms with Gasteiger partial charge in [0, 0.05) is 17.2 Å². The highest BCUT2D eigenvalue weighted by molar-refractivity contribution is 7.99. The fourth-order valence-electron chi connectivity index (χ4n) is 2.05. The number of aromatic nitrogens is 1. The first-order valence-electron chi connectivity index (χ1n) is 5.92. The van der Waals surface area contributed by atoms with E-state index in [0.717, 1.165) is 16.3 Å². The van der Waals surface area contributed by atoms with E-state index in [-0.39, 0.29) is 11.6 Å². The van der Waals surface area contributed by atoms with Gasteiger partial charge in [-0.1, -0.05) is 18.2 Å². The molecule has 0 radical (unpaired) electrons. The van der Waals surface area contributed by atoms with Crippen LogP contribution < -0.4 is 4.90 Å². The van der Waals surface area contributed by atoms with Crippen LogP contribution in [0.3, 0.4) is 0 Å². The summed E-state index contributed by atoms with van der Waals surface area (Å²) in [6, 6.07) is 12.0. The third kappa shape index (κ3) is 2.33. The molecule has 0 bridgehead atoms. The van der Waals surface area contributed by atoms with E-state index >= 15 is 0 Å². The molecule has 0 spiro atoms. The summed E-state index contributed by atoms with van der Waals surface area (Å²) in [7, 11) is 0. The van der Waals surface area contributed by atoms with E-state index in [0.29, 0.717) is 6.54 Å². The molecule has 1 aliphatic heterocycles. The number of carbonyl (C=O) groups excluding carboxylic acids is 1.